The Kier molecular flexibility index (Phi) is 4.82. The predicted molar refractivity (Wildman–Crippen MR) is 90.1 cm³/mol. The Hall–Kier alpha value is -1.22. The van der Waals surface area contributed by atoms with Crippen LogP contribution in [0.1, 0.15) is 5.69 Å². The minimum absolute atomic E-state index is 0.0491. The van der Waals surface area contributed by atoms with Crippen LogP contribution >= 0.6 is 39.7 Å². The third kappa shape index (κ3) is 3.70. The highest BCUT2D eigenvalue weighted by Gasteiger charge is 2.21. The second kappa shape index (κ2) is 6.27. The molecule has 0 aliphatic rings. The second-order valence-corrected chi connectivity index (χ2v) is 7.30. The maximum absolute atomic E-state index is 12.4. The Morgan fingerprint density at radius 2 is 2.10 bits per heavy atom. The van der Waals surface area contributed by atoms with Crippen molar-refractivity contribution in [2.24, 2.45) is 5.73 Å². The highest BCUT2D eigenvalue weighted by molar-refractivity contribution is 9.10. The van der Waals surface area contributed by atoms with Crippen molar-refractivity contribution >= 4 is 60.4 Å². The van der Waals surface area contributed by atoms with E-state index < -0.39 is 10.0 Å². The van der Waals surface area contributed by atoms with Crippen molar-refractivity contribution in [2.45, 2.75) is 4.90 Å². The van der Waals surface area contributed by atoms with E-state index in [0.29, 0.717) is 15.2 Å². The molecule has 0 bridgehead atoms. The van der Waals surface area contributed by atoms with Crippen LogP contribution in [0.2, 0.25) is 5.02 Å². The van der Waals surface area contributed by atoms with Gasteiger partial charge in [0.1, 0.15) is 15.6 Å². The lowest BCUT2D eigenvalue weighted by Gasteiger charge is -2.11. The molecule has 0 saturated heterocycles. The molecule has 0 fully saturated rings. The smallest absolute Gasteiger partial charge is 0.264 e. The highest BCUT2D eigenvalue weighted by Crippen LogP contribution is 2.27. The Labute approximate surface area is 140 Å². The van der Waals surface area contributed by atoms with Crippen LogP contribution in [0.4, 0.5) is 5.69 Å². The van der Waals surface area contributed by atoms with Gasteiger partial charge in [-0.2, -0.15) is 0 Å². The normalized spacial score (nSPS) is 11.1. The van der Waals surface area contributed by atoms with Gasteiger partial charge in [0.2, 0.25) is 0 Å². The van der Waals surface area contributed by atoms with Crippen LogP contribution in [0.3, 0.4) is 0 Å². The molecular formula is C12H9BrClN3O2S2. The Bertz CT molecular complexity index is 812. The summed E-state index contributed by atoms with van der Waals surface area (Å²) in [5, 5.41) is 0.475. The Morgan fingerprint density at radius 3 is 2.71 bits per heavy atom. The number of sulfonamides is 1. The third-order valence-corrected chi connectivity index (χ3v) is 5.29. The van der Waals surface area contributed by atoms with Gasteiger partial charge in [0.05, 0.1) is 10.7 Å². The molecule has 0 aliphatic heterocycles. The monoisotopic (exact) mass is 405 g/mol. The van der Waals surface area contributed by atoms with E-state index >= 15 is 0 Å². The van der Waals surface area contributed by atoms with E-state index in [2.05, 4.69) is 25.6 Å². The molecule has 1 aromatic carbocycles. The van der Waals surface area contributed by atoms with Crippen molar-refractivity contribution in [3.63, 3.8) is 0 Å². The van der Waals surface area contributed by atoms with E-state index in [1.807, 2.05) is 0 Å². The van der Waals surface area contributed by atoms with E-state index in [1.54, 1.807) is 18.2 Å². The molecule has 5 nitrogen and oxygen atoms in total. The first-order chi connectivity index (χ1) is 9.81. The first kappa shape index (κ1) is 16.2. The van der Waals surface area contributed by atoms with Gasteiger partial charge in [0.15, 0.2) is 0 Å². The fourth-order valence-electron chi connectivity index (χ4n) is 1.56. The lowest BCUT2D eigenvalue weighted by atomic mass is 10.3. The summed E-state index contributed by atoms with van der Waals surface area (Å²) in [6.07, 6.45) is 1.42. The lowest BCUT2D eigenvalue weighted by Crippen LogP contribution is -2.21. The van der Waals surface area contributed by atoms with Gasteiger partial charge in [-0.15, -0.1) is 0 Å². The number of hydrogen-bond acceptors (Lipinski definition) is 4. The summed E-state index contributed by atoms with van der Waals surface area (Å²) in [5.41, 5.74) is 5.90. The quantitative estimate of drug-likeness (QED) is 0.763. The van der Waals surface area contributed by atoms with Crippen molar-refractivity contribution in [1.82, 2.24) is 4.98 Å². The molecule has 2 aromatic rings. The van der Waals surface area contributed by atoms with Crippen LogP contribution in [0.25, 0.3) is 0 Å². The SMILES string of the molecule is NC(=S)c1ncccc1S(=O)(=O)Nc1ccc(Cl)c(Br)c1. The number of nitrogens with two attached hydrogens (primary N) is 1. The maximum Gasteiger partial charge on any atom is 0.264 e. The fraction of sp³-hybridized carbons (Fsp3) is 0. The molecule has 0 atom stereocenters. The number of aromatic nitrogens is 1. The summed E-state index contributed by atoms with van der Waals surface area (Å²) >= 11 is 13.9. The van der Waals surface area contributed by atoms with E-state index in [4.69, 9.17) is 29.6 Å². The number of anilines is 1. The molecular weight excluding hydrogens is 398 g/mol. The van der Waals surface area contributed by atoms with Gasteiger partial charge in [-0.25, -0.2) is 8.42 Å². The van der Waals surface area contributed by atoms with Gasteiger partial charge in [0, 0.05) is 10.7 Å². The summed E-state index contributed by atoms with van der Waals surface area (Å²) in [7, 11) is -3.86. The van der Waals surface area contributed by atoms with Crippen LogP contribution in [0.15, 0.2) is 45.9 Å². The zero-order valence-electron chi connectivity index (χ0n) is 10.4. The van der Waals surface area contributed by atoms with E-state index in [0.717, 1.165) is 0 Å². The zero-order valence-corrected chi connectivity index (χ0v) is 14.4. The maximum atomic E-state index is 12.4. The molecule has 0 amide bonds. The van der Waals surface area contributed by atoms with Gasteiger partial charge >= 0.3 is 0 Å². The predicted octanol–water partition coefficient (Wildman–Crippen LogP) is 2.93. The third-order valence-electron chi connectivity index (χ3n) is 2.47. The van der Waals surface area contributed by atoms with Gasteiger partial charge in [-0.1, -0.05) is 23.8 Å². The first-order valence-electron chi connectivity index (χ1n) is 5.54. The number of nitrogens with zero attached hydrogens (tertiary/aromatic N) is 1. The molecule has 2 rings (SSSR count). The van der Waals surface area contributed by atoms with Crippen molar-refractivity contribution < 1.29 is 8.42 Å². The van der Waals surface area contributed by atoms with E-state index in [-0.39, 0.29) is 15.6 Å². The first-order valence-corrected chi connectivity index (χ1v) is 8.60. The highest BCUT2D eigenvalue weighted by atomic mass is 79.9. The molecule has 1 aromatic heterocycles. The summed E-state index contributed by atoms with van der Waals surface area (Å²) in [4.78, 5) is 3.73. The molecule has 0 saturated carbocycles. The number of benzene rings is 1. The van der Waals surface area contributed by atoms with Gasteiger partial charge in [0.25, 0.3) is 10.0 Å². The van der Waals surface area contributed by atoms with Crippen molar-refractivity contribution in [2.75, 3.05) is 4.72 Å². The number of hydrogen-bond donors (Lipinski definition) is 2. The van der Waals surface area contributed by atoms with Crippen LogP contribution in [-0.4, -0.2) is 18.4 Å². The van der Waals surface area contributed by atoms with Crippen LogP contribution in [-0.2, 0) is 10.0 Å². The van der Waals surface area contributed by atoms with Gasteiger partial charge in [-0.3, -0.25) is 9.71 Å². The topological polar surface area (TPSA) is 85.1 Å². The number of rotatable bonds is 4. The number of halogens is 2. The molecule has 3 N–H and O–H groups in total. The van der Waals surface area contributed by atoms with E-state index in [9.17, 15) is 8.42 Å². The number of thiocarbonyl (C=S) groups is 1. The van der Waals surface area contributed by atoms with Crippen LogP contribution in [0, 0.1) is 0 Å². The van der Waals surface area contributed by atoms with E-state index in [1.165, 1.54) is 18.3 Å². The standard InChI is InChI=1S/C12H9BrClN3O2S2/c13-8-6-7(3-4-9(8)14)17-21(18,19)10-2-1-5-16-11(10)12(15)20/h1-6,17H,(H2,15,20). The molecule has 0 radical (unpaired) electrons. The number of nitrogens with one attached hydrogen (secondary N) is 1. The number of pyridine rings is 1. The molecule has 21 heavy (non-hydrogen) atoms. The fourth-order valence-corrected chi connectivity index (χ4v) is 3.51. The minimum atomic E-state index is -3.86. The Morgan fingerprint density at radius 1 is 1.38 bits per heavy atom. The molecule has 110 valence electrons. The minimum Gasteiger partial charge on any atom is -0.388 e. The van der Waals surface area contributed by atoms with Gasteiger partial charge in [-0.05, 0) is 46.3 Å². The zero-order chi connectivity index (χ0) is 15.6. The summed E-state index contributed by atoms with van der Waals surface area (Å²) in [5.74, 6) is 0. The second-order valence-electron chi connectivity index (χ2n) is 3.95. The molecule has 0 aliphatic carbocycles. The van der Waals surface area contributed by atoms with Crippen molar-refractivity contribution in [3.8, 4) is 0 Å². The molecule has 9 heteroatoms. The average molecular weight is 407 g/mol. The van der Waals surface area contributed by atoms with Crippen molar-refractivity contribution in [1.29, 1.82) is 0 Å². The van der Waals surface area contributed by atoms with Crippen molar-refractivity contribution in [3.05, 3.63) is 51.7 Å². The summed E-state index contributed by atoms with van der Waals surface area (Å²) in [6, 6.07) is 7.54. The summed E-state index contributed by atoms with van der Waals surface area (Å²) < 4.78 is 27.8. The average Bonchev–Trinajstić information content (AvgIpc) is 2.42. The van der Waals surface area contributed by atoms with Crippen LogP contribution in [0.5, 0.6) is 0 Å². The van der Waals surface area contributed by atoms with Crippen LogP contribution < -0.4 is 10.5 Å². The largest absolute Gasteiger partial charge is 0.388 e. The lowest BCUT2D eigenvalue weighted by molar-refractivity contribution is 0.600. The molecule has 0 spiro atoms. The summed E-state index contributed by atoms with van der Waals surface area (Å²) in [6.45, 7) is 0. The molecule has 0 unspecified atom stereocenters. The Balaban J connectivity index is 2.43. The van der Waals surface area contributed by atoms with Gasteiger partial charge < -0.3 is 5.73 Å². The molecule has 1 heterocycles.